The Bertz CT molecular complexity index is 839. The summed E-state index contributed by atoms with van der Waals surface area (Å²) in [6.07, 6.45) is 0.861. The maximum Gasteiger partial charge on any atom is 0.121 e. The SMILES string of the molecule is CC.CC.CC.COC1Cc2ccccc2-c2nnn(C)c2-c2ccccc21. The third-order valence-electron chi connectivity index (χ3n) is 4.35. The Labute approximate surface area is 170 Å². The van der Waals surface area contributed by atoms with Gasteiger partial charge in [0.25, 0.3) is 0 Å². The maximum atomic E-state index is 5.79. The number of aryl methyl sites for hydroxylation is 1. The van der Waals surface area contributed by atoms with E-state index in [0.29, 0.717) is 0 Å². The standard InChI is InChI=1S/C18H17N3O.3C2H6/c1-21-18-15-10-6-5-9-14(15)16(22-2)11-12-7-3-4-8-13(12)17(18)19-20-21;3*1-2/h3-10,16H,11H2,1-2H3;3*1-2H3. The molecule has 0 fully saturated rings. The molecule has 0 bridgehead atoms. The molecule has 0 spiro atoms. The lowest BCUT2D eigenvalue weighted by Gasteiger charge is -2.23. The molecule has 4 nitrogen and oxygen atoms in total. The molecule has 0 radical (unpaired) electrons. The quantitative estimate of drug-likeness (QED) is 0.485. The van der Waals surface area contributed by atoms with Gasteiger partial charge in [-0.3, -0.25) is 0 Å². The molecule has 152 valence electrons. The molecule has 4 heteroatoms. The molecule has 1 aliphatic carbocycles. The average Bonchev–Trinajstić information content (AvgIpc) is 3.16. The number of aromatic nitrogens is 3. The number of hydrogen-bond acceptors (Lipinski definition) is 3. The van der Waals surface area contributed by atoms with Crippen LogP contribution in [0.2, 0.25) is 0 Å². The van der Waals surface area contributed by atoms with Crippen molar-refractivity contribution in [3.05, 3.63) is 59.7 Å². The fraction of sp³-hybridized carbons (Fsp3) is 0.417. The highest BCUT2D eigenvalue weighted by Crippen LogP contribution is 2.40. The van der Waals surface area contributed by atoms with Gasteiger partial charge in [-0.05, 0) is 11.1 Å². The van der Waals surface area contributed by atoms with E-state index in [9.17, 15) is 0 Å². The van der Waals surface area contributed by atoms with Crippen molar-refractivity contribution < 1.29 is 4.74 Å². The van der Waals surface area contributed by atoms with Crippen LogP contribution in [0.15, 0.2) is 48.5 Å². The molecule has 0 saturated carbocycles. The summed E-state index contributed by atoms with van der Waals surface area (Å²) >= 11 is 0. The second kappa shape index (κ2) is 12.1. The van der Waals surface area contributed by atoms with Gasteiger partial charge in [0.2, 0.25) is 0 Å². The van der Waals surface area contributed by atoms with Gasteiger partial charge in [-0.15, -0.1) is 5.10 Å². The van der Waals surface area contributed by atoms with E-state index >= 15 is 0 Å². The van der Waals surface area contributed by atoms with Crippen LogP contribution in [-0.2, 0) is 18.2 Å². The average molecular weight is 382 g/mol. The normalized spacial score (nSPS) is 13.4. The van der Waals surface area contributed by atoms with Crippen LogP contribution in [0.1, 0.15) is 58.8 Å². The van der Waals surface area contributed by atoms with Crippen LogP contribution >= 0.6 is 0 Å². The molecule has 0 aliphatic heterocycles. The zero-order valence-corrected chi connectivity index (χ0v) is 18.7. The van der Waals surface area contributed by atoms with Crippen LogP contribution in [0.4, 0.5) is 0 Å². The van der Waals surface area contributed by atoms with Crippen LogP contribution in [0.5, 0.6) is 0 Å². The summed E-state index contributed by atoms with van der Waals surface area (Å²) in [5.41, 5.74) is 6.70. The van der Waals surface area contributed by atoms with Gasteiger partial charge in [-0.2, -0.15) is 0 Å². The number of hydrogen-bond donors (Lipinski definition) is 0. The number of nitrogens with zero attached hydrogens (tertiary/aromatic N) is 3. The first-order valence-electron chi connectivity index (χ1n) is 10.4. The van der Waals surface area contributed by atoms with E-state index in [1.54, 1.807) is 7.11 Å². The van der Waals surface area contributed by atoms with Gasteiger partial charge in [0, 0.05) is 31.7 Å². The Hall–Kier alpha value is -2.46. The second-order valence-electron chi connectivity index (χ2n) is 5.58. The first-order valence-corrected chi connectivity index (χ1v) is 10.4. The van der Waals surface area contributed by atoms with Crippen LogP contribution < -0.4 is 0 Å². The number of fused-ring (bicyclic) bond motifs is 5. The smallest absolute Gasteiger partial charge is 0.121 e. The summed E-state index contributed by atoms with van der Waals surface area (Å²) in [5, 5.41) is 8.68. The van der Waals surface area contributed by atoms with Crippen LogP contribution in [0.3, 0.4) is 0 Å². The summed E-state index contributed by atoms with van der Waals surface area (Å²) in [4.78, 5) is 0. The van der Waals surface area contributed by atoms with E-state index in [1.165, 1.54) is 11.1 Å². The zero-order chi connectivity index (χ0) is 21.1. The largest absolute Gasteiger partial charge is 0.376 e. The van der Waals surface area contributed by atoms with Gasteiger partial charge >= 0.3 is 0 Å². The summed E-state index contributed by atoms with van der Waals surface area (Å²) < 4.78 is 7.64. The van der Waals surface area contributed by atoms with Crippen molar-refractivity contribution >= 4 is 0 Å². The minimum atomic E-state index is 0.0281. The van der Waals surface area contributed by atoms with Gasteiger partial charge < -0.3 is 4.74 Å². The molecule has 1 aromatic heterocycles. The molecule has 0 N–H and O–H groups in total. The highest BCUT2D eigenvalue weighted by atomic mass is 16.5. The molecule has 0 amide bonds. The highest BCUT2D eigenvalue weighted by Gasteiger charge is 2.26. The first kappa shape index (κ1) is 23.6. The number of benzene rings is 2. The Kier molecular flexibility index (Phi) is 10.2. The monoisotopic (exact) mass is 381 g/mol. The van der Waals surface area contributed by atoms with Crippen molar-refractivity contribution in [1.82, 2.24) is 15.0 Å². The number of ether oxygens (including phenoxy) is 1. The number of methoxy groups -OCH3 is 1. The van der Waals surface area contributed by atoms with E-state index in [4.69, 9.17) is 4.74 Å². The van der Waals surface area contributed by atoms with Crippen molar-refractivity contribution in [2.45, 2.75) is 54.1 Å². The Balaban J connectivity index is 0.000000599. The molecule has 0 saturated heterocycles. The molecule has 28 heavy (non-hydrogen) atoms. The Morgan fingerprint density at radius 1 is 0.857 bits per heavy atom. The third kappa shape index (κ3) is 4.68. The van der Waals surface area contributed by atoms with Crippen LogP contribution in [0.25, 0.3) is 22.5 Å². The Morgan fingerprint density at radius 2 is 1.43 bits per heavy atom. The first-order chi connectivity index (χ1) is 13.8. The lowest BCUT2D eigenvalue weighted by Crippen LogP contribution is -2.11. The third-order valence-corrected chi connectivity index (χ3v) is 4.35. The predicted molar refractivity (Wildman–Crippen MR) is 119 cm³/mol. The van der Waals surface area contributed by atoms with Crippen LogP contribution in [0, 0.1) is 0 Å². The van der Waals surface area contributed by atoms with E-state index in [1.807, 2.05) is 59.3 Å². The maximum absolute atomic E-state index is 5.79. The van der Waals surface area contributed by atoms with Gasteiger partial charge in [0.15, 0.2) is 0 Å². The molecule has 2 aromatic carbocycles. The van der Waals surface area contributed by atoms with E-state index in [0.717, 1.165) is 28.9 Å². The molecule has 4 rings (SSSR count). The lowest BCUT2D eigenvalue weighted by atomic mass is 9.87. The van der Waals surface area contributed by atoms with E-state index < -0.39 is 0 Å². The fourth-order valence-corrected chi connectivity index (χ4v) is 3.28. The van der Waals surface area contributed by atoms with Crippen LogP contribution in [-0.4, -0.2) is 22.1 Å². The van der Waals surface area contributed by atoms with Crippen molar-refractivity contribution in [3.63, 3.8) is 0 Å². The summed E-state index contributed by atoms with van der Waals surface area (Å²) in [6, 6.07) is 16.7. The summed E-state index contributed by atoms with van der Waals surface area (Å²) in [7, 11) is 3.71. The van der Waals surface area contributed by atoms with Gasteiger partial charge in [0.1, 0.15) is 5.69 Å². The molecule has 1 heterocycles. The van der Waals surface area contributed by atoms with Gasteiger partial charge in [-0.1, -0.05) is 95.3 Å². The molecular formula is C24H35N3O. The number of rotatable bonds is 1. The Morgan fingerprint density at radius 3 is 2.07 bits per heavy atom. The lowest BCUT2D eigenvalue weighted by molar-refractivity contribution is 0.104. The molecule has 1 atom stereocenters. The molecular weight excluding hydrogens is 346 g/mol. The molecule has 3 aromatic rings. The zero-order valence-electron chi connectivity index (χ0n) is 18.7. The summed E-state index contributed by atoms with van der Waals surface area (Å²) in [6.45, 7) is 12.0. The van der Waals surface area contributed by atoms with Crippen molar-refractivity contribution in [2.24, 2.45) is 7.05 Å². The minimum Gasteiger partial charge on any atom is -0.376 e. The van der Waals surface area contributed by atoms with Gasteiger partial charge in [0.05, 0.1) is 11.8 Å². The molecule has 1 unspecified atom stereocenters. The topological polar surface area (TPSA) is 39.9 Å². The molecule has 1 aliphatic rings. The van der Waals surface area contributed by atoms with Gasteiger partial charge in [-0.25, -0.2) is 4.68 Å². The van der Waals surface area contributed by atoms with Crippen molar-refractivity contribution in [2.75, 3.05) is 7.11 Å². The highest BCUT2D eigenvalue weighted by molar-refractivity contribution is 5.82. The fourth-order valence-electron chi connectivity index (χ4n) is 3.28. The second-order valence-corrected chi connectivity index (χ2v) is 5.58. The van der Waals surface area contributed by atoms with Crippen molar-refractivity contribution in [1.29, 1.82) is 0 Å². The van der Waals surface area contributed by atoms with E-state index in [-0.39, 0.29) is 6.10 Å². The van der Waals surface area contributed by atoms with Crippen molar-refractivity contribution in [3.8, 4) is 22.5 Å². The summed E-state index contributed by atoms with van der Waals surface area (Å²) in [5.74, 6) is 0. The van der Waals surface area contributed by atoms with E-state index in [2.05, 4.69) is 52.8 Å². The minimum absolute atomic E-state index is 0.0281. The predicted octanol–water partition coefficient (Wildman–Crippen LogP) is 6.47.